The summed E-state index contributed by atoms with van der Waals surface area (Å²) in [7, 11) is 0. The predicted octanol–water partition coefficient (Wildman–Crippen LogP) is 3.60. The second kappa shape index (κ2) is 7.65. The Morgan fingerprint density at radius 2 is 1.56 bits per heavy atom. The number of urea groups is 1. The van der Waals surface area contributed by atoms with E-state index < -0.39 is 41.7 Å². The molecule has 0 atom stereocenters. The highest BCUT2D eigenvalue weighted by molar-refractivity contribution is 5.97. The van der Waals surface area contributed by atoms with Crippen molar-refractivity contribution in [2.45, 2.75) is 6.18 Å². The van der Waals surface area contributed by atoms with Gasteiger partial charge in [-0.05, 0) is 36.4 Å². The molecule has 3 N–H and O–H groups in total. The maximum absolute atomic E-state index is 12.8. The molecule has 9 heteroatoms. The SMILES string of the molecule is O=C(CNC(=O)Nc1ccccc1C(F)(F)F)Nc1ccc(F)cc1. The minimum Gasteiger partial charge on any atom is -0.329 e. The first kappa shape index (κ1) is 18.2. The topological polar surface area (TPSA) is 70.2 Å². The number of anilines is 2. The molecular weight excluding hydrogens is 342 g/mol. The van der Waals surface area contributed by atoms with E-state index in [9.17, 15) is 27.2 Å². The van der Waals surface area contributed by atoms with Crippen LogP contribution in [0.25, 0.3) is 0 Å². The van der Waals surface area contributed by atoms with Gasteiger partial charge in [-0.1, -0.05) is 12.1 Å². The highest BCUT2D eigenvalue weighted by atomic mass is 19.4. The fourth-order valence-corrected chi connectivity index (χ4v) is 1.90. The summed E-state index contributed by atoms with van der Waals surface area (Å²) < 4.78 is 51.2. The maximum atomic E-state index is 12.8. The van der Waals surface area contributed by atoms with Gasteiger partial charge in [0.15, 0.2) is 0 Å². The molecule has 0 unspecified atom stereocenters. The van der Waals surface area contributed by atoms with Crippen LogP contribution in [-0.4, -0.2) is 18.5 Å². The summed E-state index contributed by atoms with van der Waals surface area (Å²) >= 11 is 0. The number of hydrogen-bond donors (Lipinski definition) is 3. The number of alkyl halides is 3. The quantitative estimate of drug-likeness (QED) is 0.734. The first-order valence-corrected chi connectivity index (χ1v) is 7.02. The van der Waals surface area contributed by atoms with Crippen LogP contribution in [0.4, 0.5) is 33.7 Å². The van der Waals surface area contributed by atoms with Gasteiger partial charge in [0.1, 0.15) is 5.82 Å². The normalized spacial score (nSPS) is 10.9. The van der Waals surface area contributed by atoms with Crippen molar-refractivity contribution in [2.75, 3.05) is 17.2 Å². The van der Waals surface area contributed by atoms with Crippen molar-refractivity contribution in [1.29, 1.82) is 0 Å². The number of rotatable bonds is 4. The fraction of sp³-hybridized carbons (Fsp3) is 0.125. The van der Waals surface area contributed by atoms with Crippen molar-refractivity contribution in [2.24, 2.45) is 0 Å². The highest BCUT2D eigenvalue weighted by Gasteiger charge is 2.33. The van der Waals surface area contributed by atoms with Crippen LogP contribution in [0.2, 0.25) is 0 Å². The maximum Gasteiger partial charge on any atom is 0.418 e. The summed E-state index contributed by atoms with van der Waals surface area (Å²) in [5, 5.41) is 6.58. The van der Waals surface area contributed by atoms with Gasteiger partial charge in [-0.3, -0.25) is 4.79 Å². The third-order valence-electron chi connectivity index (χ3n) is 3.02. The molecule has 0 saturated carbocycles. The largest absolute Gasteiger partial charge is 0.418 e. The number of halogens is 4. The van der Waals surface area contributed by atoms with Crippen LogP contribution < -0.4 is 16.0 Å². The molecule has 2 aromatic rings. The van der Waals surface area contributed by atoms with Crippen molar-refractivity contribution in [3.05, 3.63) is 59.9 Å². The predicted molar refractivity (Wildman–Crippen MR) is 83.5 cm³/mol. The molecule has 5 nitrogen and oxygen atoms in total. The van der Waals surface area contributed by atoms with Crippen molar-refractivity contribution in [3.63, 3.8) is 0 Å². The molecule has 2 rings (SSSR count). The van der Waals surface area contributed by atoms with E-state index in [1.807, 2.05) is 5.32 Å². The van der Waals surface area contributed by atoms with Gasteiger partial charge in [0.25, 0.3) is 0 Å². The van der Waals surface area contributed by atoms with E-state index in [4.69, 9.17) is 0 Å². The van der Waals surface area contributed by atoms with Gasteiger partial charge < -0.3 is 16.0 Å². The number of carbonyl (C=O) groups is 2. The summed E-state index contributed by atoms with van der Waals surface area (Å²) in [6, 6.07) is 8.44. The Bertz CT molecular complexity index is 761. The zero-order chi connectivity index (χ0) is 18.4. The molecule has 0 radical (unpaired) electrons. The third kappa shape index (κ3) is 5.48. The van der Waals surface area contributed by atoms with Crippen LogP contribution in [0.5, 0.6) is 0 Å². The fourth-order valence-electron chi connectivity index (χ4n) is 1.90. The molecule has 0 spiro atoms. The van der Waals surface area contributed by atoms with Gasteiger partial charge in [0, 0.05) is 5.69 Å². The van der Waals surface area contributed by atoms with E-state index in [2.05, 4.69) is 10.6 Å². The van der Waals surface area contributed by atoms with Gasteiger partial charge in [-0.2, -0.15) is 13.2 Å². The minimum atomic E-state index is -4.62. The number of benzene rings is 2. The lowest BCUT2D eigenvalue weighted by Crippen LogP contribution is -2.36. The molecule has 0 aliphatic rings. The highest BCUT2D eigenvalue weighted by Crippen LogP contribution is 2.34. The molecule has 132 valence electrons. The Kier molecular flexibility index (Phi) is 5.58. The number of carbonyl (C=O) groups excluding carboxylic acids is 2. The molecule has 0 heterocycles. The van der Waals surface area contributed by atoms with Crippen LogP contribution >= 0.6 is 0 Å². The summed E-state index contributed by atoms with van der Waals surface area (Å²) in [6.07, 6.45) is -4.62. The van der Waals surface area contributed by atoms with Crippen molar-refractivity contribution in [3.8, 4) is 0 Å². The molecule has 2 aromatic carbocycles. The zero-order valence-electron chi connectivity index (χ0n) is 12.7. The number of nitrogens with one attached hydrogen (secondary N) is 3. The van der Waals surface area contributed by atoms with Gasteiger partial charge in [0.2, 0.25) is 5.91 Å². The van der Waals surface area contributed by atoms with E-state index in [-0.39, 0.29) is 0 Å². The first-order chi connectivity index (χ1) is 11.8. The van der Waals surface area contributed by atoms with Gasteiger partial charge in [0.05, 0.1) is 17.8 Å². The molecule has 0 aliphatic heterocycles. The molecule has 0 aliphatic carbocycles. The van der Waals surface area contributed by atoms with Gasteiger partial charge in [-0.15, -0.1) is 0 Å². The Morgan fingerprint density at radius 1 is 0.920 bits per heavy atom. The first-order valence-electron chi connectivity index (χ1n) is 7.02. The average Bonchev–Trinajstić information content (AvgIpc) is 2.55. The summed E-state index contributed by atoms with van der Waals surface area (Å²) in [6.45, 7) is -0.475. The van der Waals surface area contributed by atoms with Crippen molar-refractivity contribution in [1.82, 2.24) is 5.32 Å². The van der Waals surface area contributed by atoms with Crippen LogP contribution in [0, 0.1) is 5.82 Å². The van der Waals surface area contributed by atoms with Gasteiger partial charge in [-0.25, -0.2) is 9.18 Å². The molecule has 0 fully saturated rings. The van der Waals surface area contributed by atoms with Crippen LogP contribution in [0.3, 0.4) is 0 Å². The van der Waals surface area contributed by atoms with Crippen molar-refractivity contribution >= 4 is 23.3 Å². The molecule has 0 saturated heterocycles. The van der Waals surface area contributed by atoms with Crippen LogP contribution in [0.15, 0.2) is 48.5 Å². The minimum absolute atomic E-state index is 0.316. The monoisotopic (exact) mass is 355 g/mol. The number of amides is 3. The molecule has 3 amide bonds. The molecule has 0 bridgehead atoms. The Labute approximate surface area is 140 Å². The summed E-state index contributed by atoms with van der Waals surface area (Å²) in [4.78, 5) is 23.3. The lowest BCUT2D eigenvalue weighted by Gasteiger charge is -2.14. The second-order valence-corrected chi connectivity index (χ2v) is 4.91. The van der Waals surface area contributed by atoms with Crippen LogP contribution in [0.1, 0.15) is 5.56 Å². The van der Waals surface area contributed by atoms with E-state index in [0.29, 0.717) is 5.69 Å². The van der Waals surface area contributed by atoms with Crippen LogP contribution in [-0.2, 0) is 11.0 Å². The summed E-state index contributed by atoms with van der Waals surface area (Å²) in [5.41, 5.74) is -1.11. The Balaban J connectivity index is 1.89. The number of hydrogen-bond acceptors (Lipinski definition) is 2. The van der Waals surface area contributed by atoms with E-state index in [0.717, 1.165) is 24.3 Å². The number of para-hydroxylation sites is 1. The van der Waals surface area contributed by atoms with Crippen molar-refractivity contribution < 1.29 is 27.2 Å². The second-order valence-electron chi connectivity index (χ2n) is 4.91. The molecule has 25 heavy (non-hydrogen) atoms. The van der Waals surface area contributed by atoms with E-state index in [1.54, 1.807) is 0 Å². The molecular formula is C16H13F4N3O2. The molecule has 0 aromatic heterocycles. The lowest BCUT2D eigenvalue weighted by molar-refractivity contribution is -0.136. The smallest absolute Gasteiger partial charge is 0.329 e. The zero-order valence-corrected chi connectivity index (χ0v) is 12.7. The van der Waals surface area contributed by atoms with E-state index in [1.165, 1.54) is 24.3 Å². The lowest BCUT2D eigenvalue weighted by atomic mass is 10.1. The average molecular weight is 355 g/mol. The standard InChI is InChI=1S/C16H13F4N3O2/c17-10-5-7-11(8-6-10)22-14(24)9-21-15(25)23-13-4-2-1-3-12(13)16(18,19)20/h1-8H,9H2,(H,22,24)(H2,21,23,25). The Hall–Kier alpha value is -3.10. The Morgan fingerprint density at radius 3 is 2.20 bits per heavy atom. The van der Waals surface area contributed by atoms with E-state index >= 15 is 0 Å². The van der Waals surface area contributed by atoms with Gasteiger partial charge >= 0.3 is 12.2 Å². The summed E-state index contributed by atoms with van der Waals surface area (Å²) in [5.74, 6) is -1.09. The third-order valence-corrected chi connectivity index (χ3v) is 3.02.